The molecule has 0 aliphatic carbocycles. The van der Waals surface area contributed by atoms with Gasteiger partial charge in [0.05, 0.1) is 0 Å². The van der Waals surface area contributed by atoms with Crippen molar-refractivity contribution in [3.05, 3.63) is 12.8 Å². The van der Waals surface area contributed by atoms with Crippen LogP contribution in [0.2, 0.25) is 0 Å². The zero-order valence-electron chi connectivity index (χ0n) is 3.45. The molecule has 0 aromatic rings. The Labute approximate surface area is 51.8 Å². The van der Waals surface area contributed by atoms with Crippen LogP contribution in [-0.4, -0.2) is 6.54 Å². The molecule has 41 valence electrons. The summed E-state index contributed by atoms with van der Waals surface area (Å²) in [5.74, 6) is 6.31. The van der Waals surface area contributed by atoms with E-state index in [1.807, 2.05) is 0 Å². The maximum atomic E-state index is 6.31. The molecule has 6 heavy (non-hydrogen) atoms. The van der Waals surface area contributed by atoms with E-state index in [-0.39, 0.29) is 20.1 Å². The van der Waals surface area contributed by atoms with Crippen LogP contribution in [0.1, 0.15) is 6.42 Å². The molecule has 0 fully saturated rings. The van der Waals surface area contributed by atoms with Gasteiger partial charge in [0.2, 0.25) is 0 Å². The molecule has 0 aliphatic heterocycles. The maximum absolute atomic E-state index is 6.31. The SMILES string of the molecule is [CH2-]CCN[NH-].[Ir]. The van der Waals surface area contributed by atoms with Crippen molar-refractivity contribution in [2.75, 3.05) is 6.54 Å². The van der Waals surface area contributed by atoms with Crippen LogP contribution in [0.4, 0.5) is 0 Å². The number of hydrogen-bond acceptors (Lipinski definition) is 1. The van der Waals surface area contributed by atoms with Gasteiger partial charge >= 0.3 is 0 Å². The first-order valence-corrected chi connectivity index (χ1v) is 1.60. The van der Waals surface area contributed by atoms with Crippen LogP contribution < -0.4 is 5.43 Å². The van der Waals surface area contributed by atoms with Gasteiger partial charge < -0.3 is 18.2 Å². The van der Waals surface area contributed by atoms with Crippen LogP contribution in [0.15, 0.2) is 0 Å². The van der Waals surface area contributed by atoms with Crippen LogP contribution in [0, 0.1) is 6.92 Å². The Morgan fingerprint density at radius 2 is 2.17 bits per heavy atom. The molecule has 0 bridgehead atoms. The fraction of sp³-hybridized carbons (Fsp3) is 0.667. The van der Waals surface area contributed by atoms with Crippen molar-refractivity contribution in [3.63, 3.8) is 0 Å². The van der Waals surface area contributed by atoms with Gasteiger partial charge in [-0.15, -0.1) is 0 Å². The fourth-order valence-corrected chi connectivity index (χ4v) is 0.0884. The smallest absolute Gasteiger partial charge is 0 e. The van der Waals surface area contributed by atoms with Crippen LogP contribution in [0.3, 0.4) is 0 Å². The Kier molecular flexibility index (Phi) is 14.8. The van der Waals surface area contributed by atoms with Gasteiger partial charge in [0.25, 0.3) is 0 Å². The van der Waals surface area contributed by atoms with Crippen molar-refractivity contribution >= 4 is 0 Å². The summed E-state index contributed by atoms with van der Waals surface area (Å²) in [5, 5.41) is 0. The van der Waals surface area contributed by atoms with Gasteiger partial charge in [-0.25, -0.2) is 0 Å². The molecule has 0 rings (SSSR count). The van der Waals surface area contributed by atoms with E-state index in [9.17, 15) is 0 Å². The molecular formula is C3H8IrN2-2. The Morgan fingerprint density at radius 3 is 2.17 bits per heavy atom. The first-order chi connectivity index (χ1) is 2.41. The first kappa shape index (κ1) is 9.76. The quantitative estimate of drug-likeness (QED) is 0.580. The summed E-state index contributed by atoms with van der Waals surface area (Å²) in [7, 11) is 0. The average molecular weight is 264 g/mol. The molecule has 0 atom stereocenters. The number of hydrogen-bond donors (Lipinski definition) is 1. The zero-order chi connectivity index (χ0) is 4.12. The van der Waals surface area contributed by atoms with Crippen molar-refractivity contribution in [1.82, 2.24) is 5.43 Å². The predicted octanol–water partition coefficient (Wildman–Crippen LogP) is 0.765. The minimum Gasteiger partial charge on any atom is -0.613 e. The van der Waals surface area contributed by atoms with Crippen LogP contribution in [-0.2, 0) is 20.1 Å². The van der Waals surface area contributed by atoms with E-state index in [4.69, 9.17) is 5.84 Å². The van der Waals surface area contributed by atoms with Crippen LogP contribution >= 0.6 is 0 Å². The third kappa shape index (κ3) is 8.82. The molecule has 2 N–H and O–H groups in total. The molecule has 0 aromatic carbocycles. The van der Waals surface area contributed by atoms with Crippen molar-refractivity contribution in [2.45, 2.75) is 6.42 Å². The van der Waals surface area contributed by atoms with Crippen molar-refractivity contribution in [2.24, 2.45) is 0 Å². The molecule has 0 amide bonds. The summed E-state index contributed by atoms with van der Waals surface area (Å²) < 4.78 is 0. The Hall–Kier alpha value is 0.569. The van der Waals surface area contributed by atoms with Crippen molar-refractivity contribution < 1.29 is 20.1 Å². The third-order valence-corrected chi connectivity index (χ3v) is 0.302. The van der Waals surface area contributed by atoms with Crippen LogP contribution in [0.5, 0.6) is 0 Å². The summed E-state index contributed by atoms with van der Waals surface area (Å²) in [5.41, 5.74) is 2.20. The van der Waals surface area contributed by atoms with E-state index in [0.29, 0.717) is 6.54 Å². The fourth-order valence-electron chi connectivity index (χ4n) is 0.0884. The van der Waals surface area contributed by atoms with E-state index in [2.05, 4.69) is 12.3 Å². The van der Waals surface area contributed by atoms with E-state index < -0.39 is 0 Å². The minimum atomic E-state index is 0. The topological polar surface area (TPSA) is 35.8 Å². The Morgan fingerprint density at radius 1 is 1.67 bits per heavy atom. The van der Waals surface area contributed by atoms with Crippen molar-refractivity contribution in [3.8, 4) is 0 Å². The van der Waals surface area contributed by atoms with Gasteiger partial charge in [0, 0.05) is 20.1 Å². The van der Waals surface area contributed by atoms with E-state index in [1.54, 1.807) is 0 Å². The molecule has 0 spiro atoms. The molecular weight excluding hydrogens is 256 g/mol. The van der Waals surface area contributed by atoms with E-state index >= 15 is 0 Å². The van der Waals surface area contributed by atoms with Gasteiger partial charge in [-0.2, -0.15) is 6.42 Å². The normalized spacial score (nSPS) is 7.00. The second-order valence-electron chi connectivity index (χ2n) is 0.780. The van der Waals surface area contributed by atoms with Gasteiger partial charge in [-0.05, 0) is 0 Å². The standard InChI is InChI=1S/C3H8N2.Ir/c1-2-3-5-4;/h4-5H,1-3H2;/q-2;. The molecule has 0 saturated carbocycles. The van der Waals surface area contributed by atoms with Crippen LogP contribution in [0.25, 0.3) is 5.84 Å². The van der Waals surface area contributed by atoms with Gasteiger partial charge in [0.1, 0.15) is 0 Å². The summed E-state index contributed by atoms with van der Waals surface area (Å²) in [6.45, 7) is 4.19. The second kappa shape index (κ2) is 9.13. The summed E-state index contributed by atoms with van der Waals surface area (Å²) in [6.07, 6.45) is 0.795. The molecule has 1 radical (unpaired) electrons. The molecule has 0 heterocycles. The summed E-state index contributed by atoms with van der Waals surface area (Å²) in [4.78, 5) is 0. The largest absolute Gasteiger partial charge is 0.613 e. The predicted molar refractivity (Wildman–Crippen MR) is 22.3 cm³/mol. The number of rotatable bonds is 2. The Balaban J connectivity index is 0. The average Bonchev–Trinajstić information content (AvgIpc) is 1.41. The van der Waals surface area contributed by atoms with E-state index in [1.165, 1.54) is 0 Å². The minimum absolute atomic E-state index is 0. The van der Waals surface area contributed by atoms with Gasteiger partial charge in [-0.1, -0.05) is 6.54 Å². The summed E-state index contributed by atoms with van der Waals surface area (Å²) >= 11 is 0. The zero-order valence-corrected chi connectivity index (χ0v) is 5.85. The molecule has 0 saturated heterocycles. The third-order valence-electron chi connectivity index (χ3n) is 0.302. The molecule has 3 heteroatoms. The first-order valence-electron chi connectivity index (χ1n) is 1.60. The van der Waals surface area contributed by atoms with Gasteiger partial charge in [-0.3, -0.25) is 0 Å². The monoisotopic (exact) mass is 265 g/mol. The van der Waals surface area contributed by atoms with E-state index in [0.717, 1.165) is 6.42 Å². The van der Waals surface area contributed by atoms with Gasteiger partial charge in [0.15, 0.2) is 0 Å². The van der Waals surface area contributed by atoms with Crippen molar-refractivity contribution in [1.29, 1.82) is 0 Å². The Bertz CT molecular complexity index is 16.3. The molecule has 0 aliphatic rings. The maximum Gasteiger partial charge on any atom is 0 e. The second-order valence-corrected chi connectivity index (χ2v) is 0.780. The number of nitrogens with one attached hydrogen (secondary N) is 2. The molecule has 0 unspecified atom stereocenters. The summed E-state index contributed by atoms with van der Waals surface area (Å²) in [6, 6.07) is 0. The molecule has 0 aromatic heterocycles. The molecule has 2 nitrogen and oxygen atoms in total.